The molecule has 3 aromatic rings. The van der Waals surface area contributed by atoms with Gasteiger partial charge in [0.05, 0.1) is 22.5 Å². The molecule has 1 heterocycles. The van der Waals surface area contributed by atoms with Crippen molar-refractivity contribution in [1.82, 2.24) is 9.97 Å². The highest BCUT2D eigenvalue weighted by Crippen LogP contribution is 2.30. The minimum absolute atomic E-state index is 0.0221. The Morgan fingerprint density at radius 2 is 2.07 bits per heavy atom. The molecule has 0 bridgehead atoms. The molecule has 0 atom stereocenters. The van der Waals surface area contributed by atoms with Crippen LogP contribution in [-0.4, -0.2) is 21.6 Å². The molecule has 1 aromatic heterocycles. The number of nitrogens with zero attached hydrogens (tertiary/aromatic N) is 2. The predicted molar refractivity (Wildman–Crippen MR) is 110 cm³/mol. The summed E-state index contributed by atoms with van der Waals surface area (Å²) < 4.78 is 17.7. The Labute approximate surface area is 164 Å². The Balaban J connectivity index is 1.92. The number of benzene rings is 2. The number of aromatic nitrogens is 2. The zero-order valence-electron chi connectivity index (χ0n) is 14.4. The quantitative estimate of drug-likeness (QED) is 0.405. The van der Waals surface area contributed by atoms with Gasteiger partial charge >= 0.3 is 0 Å². The Kier molecular flexibility index (Phi) is 5.98. The normalized spacial score (nSPS) is 10.8. The third-order valence-electron chi connectivity index (χ3n) is 3.71. The molecule has 0 spiro atoms. The third kappa shape index (κ3) is 4.23. The van der Waals surface area contributed by atoms with E-state index in [2.05, 4.69) is 20.0 Å². The molecular weight excluding hydrogens is 389 g/mol. The van der Waals surface area contributed by atoms with Gasteiger partial charge in [-0.1, -0.05) is 36.5 Å². The fourth-order valence-electron chi connectivity index (χ4n) is 2.47. The maximum Gasteiger partial charge on any atom is 0.257 e. The smallest absolute Gasteiger partial charge is 0.257 e. The number of anilines is 3. The maximum absolute atomic E-state index is 14.7. The van der Waals surface area contributed by atoms with Gasteiger partial charge < -0.3 is 15.8 Å². The van der Waals surface area contributed by atoms with Crippen LogP contribution in [0.5, 0.6) is 0 Å². The molecule has 0 aliphatic rings. The van der Waals surface area contributed by atoms with E-state index >= 15 is 0 Å². The van der Waals surface area contributed by atoms with Gasteiger partial charge in [0.1, 0.15) is 12.1 Å². The molecule has 0 saturated heterocycles. The number of amides is 1. The van der Waals surface area contributed by atoms with Gasteiger partial charge in [0.15, 0.2) is 5.82 Å². The molecule has 0 saturated carbocycles. The lowest BCUT2D eigenvalue weighted by Crippen LogP contribution is -2.14. The Morgan fingerprint density at radius 3 is 2.85 bits per heavy atom. The molecule has 140 valence electrons. The molecule has 0 fully saturated rings. The van der Waals surface area contributed by atoms with E-state index in [4.69, 9.17) is 17.3 Å². The number of nitrogen functional groups attached to an aromatic ring is 1. The summed E-state index contributed by atoms with van der Waals surface area (Å²) >= 11 is 7.44. The van der Waals surface area contributed by atoms with E-state index in [1.54, 1.807) is 18.2 Å². The summed E-state index contributed by atoms with van der Waals surface area (Å²) in [6.07, 6.45) is 2.22. The minimum atomic E-state index is -0.592. The molecule has 9 heteroatoms. The fraction of sp³-hybridized carbons (Fsp3) is 0.167. The summed E-state index contributed by atoms with van der Waals surface area (Å²) in [6.45, 7) is 2.02. The van der Waals surface area contributed by atoms with Crippen LogP contribution in [0.2, 0.25) is 5.02 Å². The number of nitrogens with one attached hydrogen (secondary N) is 2. The number of carbonyl (C=O) groups excluding carboxylic acids is 1. The lowest BCUT2D eigenvalue weighted by Gasteiger charge is -2.13. The van der Waals surface area contributed by atoms with E-state index < -0.39 is 11.7 Å². The van der Waals surface area contributed by atoms with Gasteiger partial charge in [0.25, 0.3) is 5.91 Å². The summed E-state index contributed by atoms with van der Waals surface area (Å²) in [5, 5.41) is 3.41. The van der Waals surface area contributed by atoms with Gasteiger partial charge in [-0.25, -0.2) is 14.4 Å². The molecule has 0 aliphatic heterocycles. The molecule has 6 nitrogen and oxygen atoms in total. The number of halogens is 2. The van der Waals surface area contributed by atoms with Gasteiger partial charge in [-0.3, -0.25) is 4.79 Å². The first-order valence-corrected chi connectivity index (χ1v) is 9.55. The Bertz CT molecular complexity index is 1000. The van der Waals surface area contributed by atoms with Crippen molar-refractivity contribution in [1.29, 1.82) is 0 Å². The average Bonchev–Trinajstić information content (AvgIpc) is 2.65. The van der Waals surface area contributed by atoms with Crippen LogP contribution in [0.3, 0.4) is 0 Å². The van der Waals surface area contributed by atoms with Crippen molar-refractivity contribution < 1.29 is 9.18 Å². The molecule has 0 aliphatic carbocycles. The van der Waals surface area contributed by atoms with Crippen LogP contribution in [0.4, 0.5) is 21.6 Å². The second-order valence-electron chi connectivity index (χ2n) is 5.68. The van der Waals surface area contributed by atoms with Gasteiger partial charge in [-0.05, 0) is 30.7 Å². The van der Waals surface area contributed by atoms with Crippen LogP contribution in [-0.2, 0) is 0 Å². The van der Waals surface area contributed by atoms with E-state index in [1.165, 1.54) is 30.4 Å². The second-order valence-corrected chi connectivity index (χ2v) is 7.02. The van der Waals surface area contributed by atoms with Crippen LogP contribution in [0.25, 0.3) is 10.9 Å². The minimum Gasteiger partial charge on any atom is -0.383 e. The van der Waals surface area contributed by atoms with Crippen molar-refractivity contribution in [2.75, 3.05) is 21.5 Å². The highest BCUT2D eigenvalue weighted by Gasteiger charge is 2.17. The van der Waals surface area contributed by atoms with E-state index in [0.717, 1.165) is 12.2 Å². The van der Waals surface area contributed by atoms with Crippen molar-refractivity contribution in [2.24, 2.45) is 0 Å². The molecule has 1 amide bonds. The monoisotopic (exact) mass is 405 g/mol. The SMILES string of the molecule is CCCSNc1cc(Cl)cc(NC(=O)c2cccc3c(N)ncnc23)c1F. The fourth-order valence-corrected chi connectivity index (χ4v) is 3.29. The first-order valence-electron chi connectivity index (χ1n) is 8.18. The maximum atomic E-state index is 14.7. The number of carbonyl (C=O) groups is 1. The van der Waals surface area contributed by atoms with Crippen molar-refractivity contribution in [3.63, 3.8) is 0 Å². The molecule has 2 aromatic carbocycles. The molecule has 0 radical (unpaired) electrons. The third-order valence-corrected chi connectivity index (χ3v) is 4.91. The van der Waals surface area contributed by atoms with Crippen molar-refractivity contribution >= 4 is 57.6 Å². The summed E-state index contributed by atoms with van der Waals surface area (Å²) in [5.74, 6) is -0.0362. The number of para-hydroxylation sites is 1. The van der Waals surface area contributed by atoms with Crippen LogP contribution in [0.1, 0.15) is 23.7 Å². The van der Waals surface area contributed by atoms with E-state index in [0.29, 0.717) is 15.9 Å². The number of fused-ring (bicyclic) bond motifs is 1. The molecule has 27 heavy (non-hydrogen) atoms. The van der Waals surface area contributed by atoms with Gasteiger partial charge in [0, 0.05) is 16.2 Å². The van der Waals surface area contributed by atoms with Crippen LogP contribution in [0, 0.1) is 5.82 Å². The highest BCUT2D eigenvalue weighted by atomic mass is 35.5. The lowest BCUT2D eigenvalue weighted by molar-refractivity contribution is 0.102. The van der Waals surface area contributed by atoms with Crippen molar-refractivity contribution in [3.8, 4) is 0 Å². The molecule has 4 N–H and O–H groups in total. The van der Waals surface area contributed by atoms with Gasteiger partial charge in [0.2, 0.25) is 0 Å². The number of nitrogens with two attached hydrogens (primary N) is 1. The first-order chi connectivity index (χ1) is 13.0. The largest absolute Gasteiger partial charge is 0.383 e. The summed E-state index contributed by atoms with van der Waals surface area (Å²) in [6, 6.07) is 7.80. The first kappa shape index (κ1) is 19.2. The zero-order valence-corrected chi connectivity index (χ0v) is 16.0. The standard InChI is InChI=1S/C18H17ClFN5OS/c1-2-6-27-25-14-8-10(19)7-13(15(14)20)24-18(26)12-5-3-4-11-16(12)22-9-23-17(11)21/h3-5,7-9,25H,2,6H2,1H3,(H,24,26)(H2,21,22,23). The molecule has 3 rings (SSSR count). The summed E-state index contributed by atoms with van der Waals surface area (Å²) in [5.41, 5.74) is 6.67. The average molecular weight is 406 g/mol. The van der Waals surface area contributed by atoms with Crippen molar-refractivity contribution in [2.45, 2.75) is 13.3 Å². The molecule has 0 unspecified atom stereocenters. The van der Waals surface area contributed by atoms with Crippen LogP contribution < -0.4 is 15.8 Å². The topological polar surface area (TPSA) is 92.9 Å². The number of hydrogen-bond acceptors (Lipinski definition) is 6. The summed E-state index contributed by atoms with van der Waals surface area (Å²) in [7, 11) is 0. The number of rotatable bonds is 6. The Morgan fingerprint density at radius 1 is 1.30 bits per heavy atom. The second kappa shape index (κ2) is 8.41. The van der Waals surface area contributed by atoms with E-state index in [-0.39, 0.29) is 22.8 Å². The van der Waals surface area contributed by atoms with Crippen molar-refractivity contribution in [3.05, 3.63) is 53.1 Å². The van der Waals surface area contributed by atoms with Crippen LogP contribution in [0.15, 0.2) is 36.7 Å². The highest BCUT2D eigenvalue weighted by molar-refractivity contribution is 8.00. The zero-order chi connectivity index (χ0) is 19.4. The summed E-state index contributed by atoms with van der Waals surface area (Å²) in [4.78, 5) is 20.8. The van der Waals surface area contributed by atoms with Crippen LogP contribution >= 0.6 is 23.5 Å². The van der Waals surface area contributed by atoms with Gasteiger partial charge in [-0.15, -0.1) is 0 Å². The lowest BCUT2D eigenvalue weighted by atomic mass is 10.1. The van der Waals surface area contributed by atoms with Gasteiger partial charge in [-0.2, -0.15) is 0 Å². The van der Waals surface area contributed by atoms with E-state index in [1.807, 2.05) is 6.92 Å². The predicted octanol–water partition coefficient (Wildman–Crippen LogP) is 4.73. The Hall–Kier alpha value is -2.58. The number of hydrogen-bond donors (Lipinski definition) is 3. The van der Waals surface area contributed by atoms with E-state index in [9.17, 15) is 9.18 Å². The molecular formula is C18H17ClFN5OS.